The van der Waals surface area contributed by atoms with Gasteiger partial charge in [0.25, 0.3) is 5.56 Å². The van der Waals surface area contributed by atoms with E-state index >= 15 is 0 Å². The van der Waals surface area contributed by atoms with Crippen LogP contribution in [-0.4, -0.2) is 44.2 Å². The van der Waals surface area contributed by atoms with Gasteiger partial charge in [0.2, 0.25) is 5.91 Å². The summed E-state index contributed by atoms with van der Waals surface area (Å²) >= 11 is 0. The lowest BCUT2D eigenvalue weighted by molar-refractivity contribution is -0.139. The number of carbonyl (C=O) groups excluding carboxylic acids is 1. The lowest BCUT2D eigenvalue weighted by Gasteiger charge is -2.43. The number of carbonyl (C=O) groups is 1. The van der Waals surface area contributed by atoms with Gasteiger partial charge in [0, 0.05) is 44.2 Å². The van der Waals surface area contributed by atoms with Gasteiger partial charge < -0.3 is 14.6 Å². The number of aryl methyl sites for hydroxylation is 1. The van der Waals surface area contributed by atoms with Crippen LogP contribution in [0, 0.1) is 11.8 Å². The molecular weight excluding hydrogens is 310 g/mol. The van der Waals surface area contributed by atoms with E-state index in [0.717, 1.165) is 6.42 Å². The van der Waals surface area contributed by atoms with Crippen LogP contribution in [0.2, 0.25) is 0 Å². The van der Waals surface area contributed by atoms with Crippen molar-refractivity contribution in [3.63, 3.8) is 0 Å². The molecule has 0 saturated carbocycles. The lowest BCUT2D eigenvalue weighted by atomic mass is 9.78. The lowest BCUT2D eigenvalue weighted by Crippen LogP contribution is -2.52. The Labute approximate surface area is 141 Å². The summed E-state index contributed by atoms with van der Waals surface area (Å²) in [6.45, 7) is 7.38. The number of rotatable bonds is 5. The first-order valence-electron chi connectivity index (χ1n) is 8.49. The van der Waals surface area contributed by atoms with Crippen LogP contribution in [0.1, 0.15) is 40.0 Å². The van der Waals surface area contributed by atoms with E-state index in [2.05, 4.69) is 18.8 Å². The van der Waals surface area contributed by atoms with E-state index in [0.29, 0.717) is 25.4 Å². The van der Waals surface area contributed by atoms with Crippen LogP contribution in [0.25, 0.3) is 0 Å². The summed E-state index contributed by atoms with van der Waals surface area (Å²) in [5.74, 6) is 0.486. The molecule has 7 nitrogen and oxygen atoms in total. The number of aliphatic hydroxyl groups is 1. The molecule has 1 saturated heterocycles. The molecule has 2 rings (SSSR count). The molecule has 0 unspecified atom stereocenters. The predicted molar refractivity (Wildman–Crippen MR) is 90.7 cm³/mol. The number of hydrogen-bond donors (Lipinski definition) is 2. The molecule has 1 amide bonds. The molecule has 24 heavy (non-hydrogen) atoms. The predicted octanol–water partition coefficient (Wildman–Crippen LogP) is 0.572. The van der Waals surface area contributed by atoms with Crippen LogP contribution in [0.4, 0.5) is 0 Å². The fourth-order valence-electron chi connectivity index (χ4n) is 3.24. The van der Waals surface area contributed by atoms with Crippen molar-refractivity contribution >= 4 is 5.91 Å². The molecule has 0 aromatic carbocycles. The zero-order valence-electron chi connectivity index (χ0n) is 14.6. The molecule has 0 radical (unpaired) electrons. The van der Waals surface area contributed by atoms with Crippen molar-refractivity contribution in [2.75, 3.05) is 13.1 Å². The summed E-state index contributed by atoms with van der Waals surface area (Å²) in [5, 5.41) is 10.5. The molecule has 7 heteroatoms. The minimum Gasteiger partial charge on any atom is -0.390 e. The van der Waals surface area contributed by atoms with Crippen molar-refractivity contribution in [1.82, 2.24) is 14.5 Å². The summed E-state index contributed by atoms with van der Waals surface area (Å²) in [4.78, 5) is 39.1. The third kappa shape index (κ3) is 4.56. The highest BCUT2D eigenvalue weighted by Crippen LogP contribution is 2.32. The number of likely N-dealkylation sites (tertiary alicyclic amines) is 1. The maximum absolute atomic E-state index is 12.4. The van der Waals surface area contributed by atoms with Crippen LogP contribution >= 0.6 is 0 Å². The number of aromatic amines is 1. The van der Waals surface area contributed by atoms with Crippen LogP contribution in [0.3, 0.4) is 0 Å². The Hall–Kier alpha value is -1.89. The van der Waals surface area contributed by atoms with Gasteiger partial charge in [0.05, 0.1) is 5.60 Å². The van der Waals surface area contributed by atoms with Crippen molar-refractivity contribution in [1.29, 1.82) is 0 Å². The first-order valence-corrected chi connectivity index (χ1v) is 8.49. The third-order valence-corrected chi connectivity index (χ3v) is 4.78. The Bertz CT molecular complexity index is 690. The zero-order valence-corrected chi connectivity index (χ0v) is 14.6. The number of H-pyrrole nitrogens is 1. The number of amides is 1. The van der Waals surface area contributed by atoms with Crippen molar-refractivity contribution in [2.24, 2.45) is 11.8 Å². The van der Waals surface area contributed by atoms with Crippen molar-refractivity contribution in [2.45, 2.75) is 52.2 Å². The molecule has 2 heterocycles. The van der Waals surface area contributed by atoms with E-state index < -0.39 is 16.9 Å². The minimum absolute atomic E-state index is 0.0302. The fraction of sp³-hybridized carbons (Fsp3) is 0.706. The van der Waals surface area contributed by atoms with Crippen LogP contribution in [0.15, 0.2) is 21.9 Å². The first kappa shape index (κ1) is 18.4. The van der Waals surface area contributed by atoms with Gasteiger partial charge in [-0.05, 0) is 25.7 Å². The second kappa shape index (κ2) is 7.34. The molecule has 0 aliphatic carbocycles. The highest BCUT2D eigenvalue weighted by Gasteiger charge is 2.38. The summed E-state index contributed by atoms with van der Waals surface area (Å²) in [6.07, 6.45) is 3.03. The molecule has 2 atom stereocenters. The Morgan fingerprint density at radius 1 is 1.46 bits per heavy atom. The Balaban J connectivity index is 1.97. The topological polar surface area (TPSA) is 95.4 Å². The average Bonchev–Trinajstić information content (AvgIpc) is 2.47. The highest BCUT2D eigenvalue weighted by molar-refractivity contribution is 5.76. The largest absolute Gasteiger partial charge is 0.390 e. The standard InChI is InChI=1S/C17H27N3O4/c1-12(2)10-13-11-20(9-6-17(13,3)24)15(22)5-8-19-7-4-14(21)18-16(19)23/h4,7,12-13,24H,5-6,8-11H2,1-3H3,(H,18,21,23)/t13-,17+/m0/s1. The Morgan fingerprint density at radius 3 is 2.79 bits per heavy atom. The first-order chi connectivity index (χ1) is 11.2. The van der Waals surface area contributed by atoms with Crippen LogP contribution < -0.4 is 11.2 Å². The van der Waals surface area contributed by atoms with Crippen LogP contribution in [-0.2, 0) is 11.3 Å². The van der Waals surface area contributed by atoms with Crippen molar-refractivity contribution in [3.05, 3.63) is 33.1 Å². The number of nitrogens with one attached hydrogen (secondary N) is 1. The van der Waals surface area contributed by atoms with Gasteiger partial charge in [-0.1, -0.05) is 13.8 Å². The van der Waals surface area contributed by atoms with Gasteiger partial charge in [0.1, 0.15) is 0 Å². The Kier molecular flexibility index (Phi) is 5.64. The van der Waals surface area contributed by atoms with E-state index in [4.69, 9.17) is 0 Å². The molecule has 0 bridgehead atoms. The molecule has 1 aliphatic rings. The number of hydrogen-bond acceptors (Lipinski definition) is 4. The zero-order chi connectivity index (χ0) is 17.9. The van der Waals surface area contributed by atoms with Gasteiger partial charge in [-0.3, -0.25) is 14.6 Å². The minimum atomic E-state index is -0.739. The van der Waals surface area contributed by atoms with Gasteiger partial charge in [-0.25, -0.2) is 4.79 Å². The average molecular weight is 337 g/mol. The van der Waals surface area contributed by atoms with Gasteiger partial charge in [0.15, 0.2) is 0 Å². The Morgan fingerprint density at radius 2 is 2.17 bits per heavy atom. The summed E-state index contributed by atoms with van der Waals surface area (Å²) in [7, 11) is 0. The molecule has 134 valence electrons. The highest BCUT2D eigenvalue weighted by atomic mass is 16.3. The quantitative estimate of drug-likeness (QED) is 0.821. The number of aromatic nitrogens is 2. The number of piperidine rings is 1. The van der Waals surface area contributed by atoms with E-state index in [1.165, 1.54) is 16.8 Å². The molecule has 2 N–H and O–H groups in total. The molecule has 1 fully saturated rings. The monoisotopic (exact) mass is 337 g/mol. The molecule has 0 spiro atoms. The summed E-state index contributed by atoms with van der Waals surface area (Å²) in [6, 6.07) is 1.27. The van der Waals surface area contributed by atoms with Crippen molar-refractivity contribution < 1.29 is 9.90 Å². The van der Waals surface area contributed by atoms with Crippen LogP contribution in [0.5, 0.6) is 0 Å². The second-order valence-corrected chi connectivity index (χ2v) is 7.33. The third-order valence-electron chi connectivity index (χ3n) is 4.78. The summed E-state index contributed by atoms with van der Waals surface area (Å²) < 4.78 is 1.32. The van der Waals surface area contributed by atoms with E-state index in [-0.39, 0.29) is 24.8 Å². The maximum Gasteiger partial charge on any atom is 0.328 e. The molecule has 1 aromatic rings. The molecular formula is C17H27N3O4. The van der Waals surface area contributed by atoms with E-state index in [1.807, 2.05) is 6.92 Å². The van der Waals surface area contributed by atoms with Crippen molar-refractivity contribution in [3.8, 4) is 0 Å². The molecule has 1 aliphatic heterocycles. The smallest absolute Gasteiger partial charge is 0.328 e. The van der Waals surface area contributed by atoms with E-state index in [9.17, 15) is 19.5 Å². The number of nitrogens with zero attached hydrogens (tertiary/aromatic N) is 2. The maximum atomic E-state index is 12.4. The van der Waals surface area contributed by atoms with E-state index in [1.54, 1.807) is 4.90 Å². The molecule has 1 aromatic heterocycles. The van der Waals surface area contributed by atoms with Gasteiger partial charge in [-0.2, -0.15) is 0 Å². The van der Waals surface area contributed by atoms with Gasteiger partial charge in [-0.15, -0.1) is 0 Å². The normalized spacial score (nSPS) is 24.4. The van der Waals surface area contributed by atoms with Gasteiger partial charge >= 0.3 is 5.69 Å². The summed E-state index contributed by atoms with van der Waals surface area (Å²) in [5.41, 5.74) is -1.69. The second-order valence-electron chi connectivity index (χ2n) is 7.33. The fourth-order valence-corrected chi connectivity index (χ4v) is 3.24. The SMILES string of the molecule is CC(C)C[C@H]1CN(C(=O)CCn2ccc(=O)[nH]c2=O)CC[C@@]1(C)O.